The highest BCUT2D eigenvalue weighted by Gasteiger charge is 2.31. The van der Waals surface area contributed by atoms with Crippen LogP contribution in [0.3, 0.4) is 0 Å². The molecule has 2 rings (SSSR count). The molecule has 1 aliphatic heterocycles. The van der Waals surface area contributed by atoms with Crippen molar-refractivity contribution in [1.82, 2.24) is 4.98 Å². The third-order valence-corrected chi connectivity index (χ3v) is 5.11. The van der Waals surface area contributed by atoms with Crippen LogP contribution >= 0.6 is 11.3 Å². The fourth-order valence-electron chi connectivity index (χ4n) is 2.86. The number of hydrogen-bond acceptors (Lipinski definition) is 5. The number of aromatic nitrogens is 1. The molecule has 1 aromatic heterocycles. The van der Waals surface area contributed by atoms with E-state index < -0.39 is 0 Å². The van der Waals surface area contributed by atoms with Gasteiger partial charge in [0, 0.05) is 17.5 Å². The summed E-state index contributed by atoms with van der Waals surface area (Å²) in [6.45, 7) is 12.0. The number of ether oxygens (including phenoxy) is 1. The molecule has 3 atom stereocenters. The molecule has 1 saturated heterocycles. The third kappa shape index (κ3) is 2.97. The molecule has 1 aromatic rings. The SMILES string of the molecule is CCOC(=O)c1nc(N2CC(C)CC(C)C2C)sc1C. The van der Waals surface area contributed by atoms with Gasteiger partial charge in [-0.25, -0.2) is 9.78 Å². The van der Waals surface area contributed by atoms with Crippen LogP contribution in [0.15, 0.2) is 0 Å². The van der Waals surface area contributed by atoms with Crippen LogP contribution in [0.4, 0.5) is 5.13 Å². The zero-order chi connectivity index (χ0) is 14.9. The summed E-state index contributed by atoms with van der Waals surface area (Å²) < 4.78 is 5.07. The van der Waals surface area contributed by atoms with Gasteiger partial charge < -0.3 is 9.64 Å². The molecule has 0 amide bonds. The molecule has 1 fully saturated rings. The molecule has 1 aliphatic rings. The van der Waals surface area contributed by atoms with Crippen LogP contribution in [0, 0.1) is 18.8 Å². The minimum Gasteiger partial charge on any atom is -0.461 e. The molecule has 112 valence electrons. The van der Waals surface area contributed by atoms with Crippen molar-refractivity contribution in [2.45, 2.75) is 47.1 Å². The van der Waals surface area contributed by atoms with Crippen molar-refractivity contribution in [3.63, 3.8) is 0 Å². The van der Waals surface area contributed by atoms with Crippen LogP contribution in [0.5, 0.6) is 0 Å². The van der Waals surface area contributed by atoms with Crippen molar-refractivity contribution in [2.24, 2.45) is 11.8 Å². The van der Waals surface area contributed by atoms with Gasteiger partial charge in [0.1, 0.15) is 0 Å². The second-order valence-electron chi connectivity index (χ2n) is 5.83. The Kier molecular flexibility index (Phi) is 4.68. The van der Waals surface area contributed by atoms with Gasteiger partial charge in [0.15, 0.2) is 10.8 Å². The number of hydrogen-bond donors (Lipinski definition) is 0. The number of rotatable bonds is 3. The first-order valence-corrected chi connectivity index (χ1v) is 8.16. The molecule has 4 nitrogen and oxygen atoms in total. The summed E-state index contributed by atoms with van der Waals surface area (Å²) in [5.41, 5.74) is 0.477. The van der Waals surface area contributed by atoms with E-state index in [0.717, 1.165) is 16.6 Å². The molecule has 2 heterocycles. The van der Waals surface area contributed by atoms with E-state index in [1.165, 1.54) is 6.42 Å². The fraction of sp³-hybridized carbons (Fsp3) is 0.733. The summed E-state index contributed by atoms with van der Waals surface area (Å²) in [7, 11) is 0. The lowest BCUT2D eigenvalue weighted by Crippen LogP contribution is -2.45. The number of thiazole rings is 1. The van der Waals surface area contributed by atoms with Crippen molar-refractivity contribution < 1.29 is 9.53 Å². The summed E-state index contributed by atoms with van der Waals surface area (Å²) in [6, 6.07) is 0.465. The van der Waals surface area contributed by atoms with Crippen LogP contribution in [0.25, 0.3) is 0 Å². The molecule has 0 spiro atoms. The molecule has 20 heavy (non-hydrogen) atoms. The Bertz CT molecular complexity index is 486. The fourth-order valence-corrected chi connectivity index (χ4v) is 3.86. The van der Waals surface area contributed by atoms with Gasteiger partial charge >= 0.3 is 5.97 Å². The van der Waals surface area contributed by atoms with E-state index in [0.29, 0.717) is 30.2 Å². The highest BCUT2D eigenvalue weighted by molar-refractivity contribution is 7.15. The first kappa shape index (κ1) is 15.3. The monoisotopic (exact) mass is 296 g/mol. The molecular weight excluding hydrogens is 272 g/mol. The Morgan fingerprint density at radius 1 is 1.45 bits per heavy atom. The van der Waals surface area contributed by atoms with Gasteiger partial charge in [-0.2, -0.15) is 0 Å². The Labute approximate surface area is 125 Å². The number of carbonyl (C=O) groups is 1. The quantitative estimate of drug-likeness (QED) is 0.801. The van der Waals surface area contributed by atoms with Crippen LogP contribution in [0.2, 0.25) is 0 Å². The first-order valence-electron chi connectivity index (χ1n) is 7.35. The van der Waals surface area contributed by atoms with Gasteiger partial charge in [0.2, 0.25) is 0 Å². The predicted molar refractivity (Wildman–Crippen MR) is 82.6 cm³/mol. The average Bonchev–Trinajstić information content (AvgIpc) is 2.76. The summed E-state index contributed by atoms with van der Waals surface area (Å²) in [4.78, 5) is 19.7. The van der Waals surface area contributed by atoms with E-state index >= 15 is 0 Å². The van der Waals surface area contributed by atoms with E-state index in [4.69, 9.17) is 4.74 Å². The van der Waals surface area contributed by atoms with Crippen LogP contribution in [-0.2, 0) is 4.74 Å². The molecule has 0 N–H and O–H groups in total. The Hall–Kier alpha value is -1.10. The highest BCUT2D eigenvalue weighted by Crippen LogP contribution is 2.34. The lowest BCUT2D eigenvalue weighted by Gasteiger charge is -2.41. The topological polar surface area (TPSA) is 42.4 Å². The number of aryl methyl sites for hydroxylation is 1. The second kappa shape index (κ2) is 6.12. The smallest absolute Gasteiger partial charge is 0.358 e. The standard InChI is InChI=1S/C15H24N2O2S/c1-6-19-14(18)13-12(5)20-15(16-13)17-8-9(2)7-10(3)11(17)4/h9-11H,6-8H2,1-5H3. The van der Waals surface area contributed by atoms with Crippen molar-refractivity contribution >= 4 is 22.4 Å². The predicted octanol–water partition coefficient (Wildman–Crippen LogP) is 3.50. The van der Waals surface area contributed by atoms with Gasteiger partial charge in [-0.1, -0.05) is 13.8 Å². The van der Waals surface area contributed by atoms with Crippen LogP contribution < -0.4 is 4.90 Å². The Morgan fingerprint density at radius 2 is 2.15 bits per heavy atom. The van der Waals surface area contributed by atoms with Gasteiger partial charge in [0.05, 0.1) is 6.61 Å². The molecule has 0 aromatic carbocycles. The molecule has 0 radical (unpaired) electrons. The largest absolute Gasteiger partial charge is 0.461 e. The number of anilines is 1. The molecular formula is C15H24N2O2S. The maximum Gasteiger partial charge on any atom is 0.358 e. The van der Waals surface area contributed by atoms with Crippen molar-refractivity contribution in [2.75, 3.05) is 18.1 Å². The third-order valence-electron chi connectivity index (χ3n) is 4.10. The van der Waals surface area contributed by atoms with E-state index in [1.807, 2.05) is 13.8 Å². The highest BCUT2D eigenvalue weighted by atomic mass is 32.1. The van der Waals surface area contributed by atoms with Crippen molar-refractivity contribution in [1.29, 1.82) is 0 Å². The summed E-state index contributed by atoms with van der Waals surface area (Å²) >= 11 is 1.60. The molecule has 5 heteroatoms. The summed E-state index contributed by atoms with van der Waals surface area (Å²) in [5.74, 6) is 1.00. The zero-order valence-electron chi connectivity index (χ0n) is 13.0. The Balaban J connectivity index is 2.24. The van der Waals surface area contributed by atoms with Gasteiger partial charge in [-0.15, -0.1) is 11.3 Å². The van der Waals surface area contributed by atoms with Gasteiger partial charge in [-0.05, 0) is 39.0 Å². The Morgan fingerprint density at radius 3 is 2.80 bits per heavy atom. The van der Waals surface area contributed by atoms with E-state index in [1.54, 1.807) is 11.3 Å². The molecule has 0 bridgehead atoms. The number of piperidine rings is 1. The molecule has 0 saturated carbocycles. The maximum absolute atomic E-state index is 11.9. The maximum atomic E-state index is 11.9. The summed E-state index contributed by atoms with van der Waals surface area (Å²) in [5, 5.41) is 0.955. The second-order valence-corrected chi connectivity index (χ2v) is 7.01. The summed E-state index contributed by atoms with van der Waals surface area (Å²) in [6.07, 6.45) is 1.26. The van der Waals surface area contributed by atoms with Crippen LogP contribution in [-0.4, -0.2) is 30.1 Å². The molecule has 0 aliphatic carbocycles. The van der Waals surface area contributed by atoms with Crippen molar-refractivity contribution in [3.05, 3.63) is 10.6 Å². The van der Waals surface area contributed by atoms with Gasteiger partial charge in [-0.3, -0.25) is 0 Å². The van der Waals surface area contributed by atoms with Crippen LogP contribution in [0.1, 0.15) is 49.5 Å². The zero-order valence-corrected chi connectivity index (χ0v) is 13.8. The minimum absolute atomic E-state index is 0.307. The van der Waals surface area contributed by atoms with Crippen molar-refractivity contribution in [3.8, 4) is 0 Å². The lowest BCUT2D eigenvalue weighted by molar-refractivity contribution is 0.0519. The van der Waals surface area contributed by atoms with E-state index in [9.17, 15) is 4.79 Å². The minimum atomic E-state index is -0.307. The van der Waals surface area contributed by atoms with E-state index in [-0.39, 0.29) is 5.97 Å². The van der Waals surface area contributed by atoms with E-state index in [2.05, 4.69) is 30.7 Å². The normalized spacial score (nSPS) is 26.6. The lowest BCUT2D eigenvalue weighted by atomic mass is 9.86. The molecule has 3 unspecified atom stereocenters. The van der Waals surface area contributed by atoms with Gasteiger partial charge in [0.25, 0.3) is 0 Å². The number of esters is 1. The number of carbonyl (C=O) groups excluding carboxylic acids is 1. The number of nitrogens with zero attached hydrogens (tertiary/aromatic N) is 2. The first-order chi connectivity index (χ1) is 9.43. The average molecular weight is 296 g/mol.